The standard InChI is InChI=1S/C19H35F5O5/c1-6-16(4,7-25)11-27-9-15(2,3)10-28-12-17(5,8-26)13-29-14-18(20,21)19(22,23)24/h25-26H,6-14H2,1-5H3. The molecule has 0 fully saturated rings. The van der Waals surface area contributed by atoms with Crippen LogP contribution in [0.25, 0.3) is 0 Å². The van der Waals surface area contributed by atoms with E-state index in [1.807, 2.05) is 27.7 Å². The summed E-state index contributed by atoms with van der Waals surface area (Å²) in [6, 6.07) is 0. The van der Waals surface area contributed by atoms with E-state index >= 15 is 0 Å². The van der Waals surface area contributed by atoms with E-state index in [9.17, 15) is 32.2 Å². The van der Waals surface area contributed by atoms with E-state index in [4.69, 9.17) is 9.47 Å². The highest BCUT2D eigenvalue weighted by Gasteiger charge is 2.57. The van der Waals surface area contributed by atoms with Crippen molar-refractivity contribution in [2.45, 2.75) is 53.1 Å². The van der Waals surface area contributed by atoms with E-state index in [-0.39, 0.29) is 25.2 Å². The molecule has 2 atom stereocenters. The Labute approximate surface area is 169 Å². The van der Waals surface area contributed by atoms with Gasteiger partial charge in [-0.15, -0.1) is 0 Å². The van der Waals surface area contributed by atoms with Gasteiger partial charge in [-0.1, -0.05) is 34.6 Å². The topological polar surface area (TPSA) is 68.2 Å². The third kappa shape index (κ3) is 10.3. The predicted octanol–water partition coefficient (Wildman–Crippen LogP) is 3.67. The van der Waals surface area contributed by atoms with Gasteiger partial charge in [-0.2, -0.15) is 22.0 Å². The fourth-order valence-corrected chi connectivity index (χ4v) is 2.09. The summed E-state index contributed by atoms with van der Waals surface area (Å²) >= 11 is 0. The van der Waals surface area contributed by atoms with E-state index in [1.54, 1.807) is 0 Å². The Bertz CT molecular complexity index is 466. The minimum atomic E-state index is -5.69. The molecule has 0 radical (unpaired) electrons. The van der Waals surface area contributed by atoms with Gasteiger partial charge in [0, 0.05) is 16.2 Å². The average molecular weight is 438 g/mol. The van der Waals surface area contributed by atoms with E-state index in [0.717, 1.165) is 6.42 Å². The molecule has 0 spiro atoms. The zero-order chi connectivity index (χ0) is 23.0. The fourth-order valence-electron chi connectivity index (χ4n) is 2.09. The molecular weight excluding hydrogens is 403 g/mol. The maximum absolute atomic E-state index is 12.9. The Kier molecular flexibility index (Phi) is 11.0. The highest BCUT2D eigenvalue weighted by molar-refractivity contribution is 4.78. The second kappa shape index (κ2) is 11.2. The molecule has 29 heavy (non-hydrogen) atoms. The SMILES string of the molecule is CCC(C)(CO)COCC(C)(C)COCC(C)(CO)COCC(F)(F)C(F)(F)F. The fraction of sp³-hybridized carbons (Fsp3) is 1.00. The molecular formula is C19H35F5O5. The van der Waals surface area contributed by atoms with Gasteiger partial charge in [0.2, 0.25) is 0 Å². The molecule has 0 saturated heterocycles. The largest absolute Gasteiger partial charge is 0.455 e. The highest BCUT2D eigenvalue weighted by Crippen LogP contribution is 2.36. The van der Waals surface area contributed by atoms with Crippen LogP contribution in [0.3, 0.4) is 0 Å². The Morgan fingerprint density at radius 1 is 0.621 bits per heavy atom. The first-order chi connectivity index (χ1) is 13.1. The molecule has 10 heteroatoms. The van der Waals surface area contributed by atoms with Crippen molar-refractivity contribution in [3.63, 3.8) is 0 Å². The maximum Gasteiger partial charge on any atom is 0.455 e. The van der Waals surface area contributed by atoms with E-state index in [2.05, 4.69) is 4.74 Å². The lowest BCUT2D eigenvalue weighted by Crippen LogP contribution is -2.43. The molecule has 0 rings (SSSR count). The summed E-state index contributed by atoms with van der Waals surface area (Å²) in [5.41, 5.74) is -1.87. The number of ether oxygens (including phenoxy) is 3. The molecule has 5 nitrogen and oxygen atoms in total. The van der Waals surface area contributed by atoms with Gasteiger partial charge in [0.05, 0.1) is 46.2 Å². The van der Waals surface area contributed by atoms with Gasteiger partial charge in [-0.25, -0.2) is 0 Å². The average Bonchev–Trinajstić information content (AvgIpc) is 2.60. The summed E-state index contributed by atoms with van der Waals surface area (Å²) < 4.78 is 78.1. The van der Waals surface area contributed by atoms with Crippen LogP contribution in [0.1, 0.15) is 41.0 Å². The van der Waals surface area contributed by atoms with Crippen molar-refractivity contribution in [1.82, 2.24) is 0 Å². The van der Waals surface area contributed by atoms with Gasteiger partial charge in [0.25, 0.3) is 0 Å². The lowest BCUT2D eigenvalue weighted by atomic mass is 9.89. The number of alkyl halides is 5. The van der Waals surface area contributed by atoms with Crippen LogP contribution in [0, 0.1) is 16.2 Å². The van der Waals surface area contributed by atoms with Crippen LogP contribution in [0.4, 0.5) is 22.0 Å². The number of aliphatic hydroxyl groups is 2. The van der Waals surface area contributed by atoms with Crippen molar-refractivity contribution in [3.05, 3.63) is 0 Å². The van der Waals surface area contributed by atoms with Gasteiger partial charge in [-0.05, 0) is 6.42 Å². The van der Waals surface area contributed by atoms with Crippen molar-refractivity contribution < 1.29 is 46.4 Å². The van der Waals surface area contributed by atoms with Crippen LogP contribution in [-0.2, 0) is 14.2 Å². The summed E-state index contributed by atoms with van der Waals surface area (Å²) in [6.07, 6.45) is -4.93. The molecule has 0 aromatic carbocycles. The Morgan fingerprint density at radius 3 is 1.34 bits per heavy atom. The summed E-state index contributed by atoms with van der Waals surface area (Å²) in [5, 5.41) is 18.9. The van der Waals surface area contributed by atoms with Gasteiger partial charge < -0.3 is 24.4 Å². The second-order valence-electron chi connectivity index (χ2n) is 9.14. The lowest BCUT2D eigenvalue weighted by molar-refractivity contribution is -0.298. The van der Waals surface area contributed by atoms with Gasteiger partial charge in [0.1, 0.15) is 6.61 Å². The lowest BCUT2D eigenvalue weighted by Gasteiger charge is -2.32. The van der Waals surface area contributed by atoms with Crippen LogP contribution < -0.4 is 0 Å². The van der Waals surface area contributed by atoms with E-state index in [1.165, 1.54) is 6.92 Å². The van der Waals surface area contributed by atoms with Crippen molar-refractivity contribution >= 4 is 0 Å². The molecule has 2 N–H and O–H groups in total. The molecule has 2 unspecified atom stereocenters. The van der Waals surface area contributed by atoms with Crippen LogP contribution in [0.15, 0.2) is 0 Å². The van der Waals surface area contributed by atoms with Crippen molar-refractivity contribution in [3.8, 4) is 0 Å². The zero-order valence-electron chi connectivity index (χ0n) is 17.9. The minimum Gasteiger partial charge on any atom is -0.396 e. The molecule has 0 heterocycles. The first kappa shape index (κ1) is 28.5. The van der Waals surface area contributed by atoms with Gasteiger partial charge >= 0.3 is 12.1 Å². The van der Waals surface area contributed by atoms with Crippen LogP contribution >= 0.6 is 0 Å². The Balaban J connectivity index is 4.43. The van der Waals surface area contributed by atoms with Crippen molar-refractivity contribution in [2.75, 3.05) is 52.9 Å². The monoisotopic (exact) mass is 438 g/mol. The first-order valence-corrected chi connectivity index (χ1v) is 9.45. The normalized spacial score (nSPS) is 17.8. The van der Waals surface area contributed by atoms with Crippen LogP contribution in [0.2, 0.25) is 0 Å². The molecule has 0 aliphatic heterocycles. The Hall–Kier alpha value is -0.550. The van der Waals surface area contributed by atoms with Crippen molar-refractivity contribution in [1.29, 1.82) is 0 Å². The summed E-state index contributed by atoms with van der Waals surface area (Å²) in [5.74, 6) is -4.95. The molecule has 0 bridgehead atoms. The van der Waals surface area contributed by atoms with E-state index in [0.29, 0.717) is 13.2 Å². The Morgan fingerprint density at radius 2 is 1.00 bits per heavy atom. The van der Waals surface area contributed by atoms with Crippen molar-refractivity contribution in [2.24, 2.45) is 16.2 Å². The third-order valence-corrected chi connectivity index (χ3v) is 4.65. The maximum atomic E-state index is 12.9. The quantitative estimate of drug-likeness (QED) is 0.382. The number of hydrogen-bond acceptors (Lipinski definition) is 5. The van der Waals surface area contributed by atoms with E-state index < -0.39 is 42.7 Å². The predicted molar refractivity (Wildman–Crippen MR) is 97.9 cm³/mol. The number of halogens is 5. The van der Waals surface area contributed by atoms with Gasteiger partial charge in [-0.3, -0.25) is 0 Å². The number of rotatable bonds is 15. The second-order valence-corrected chi connectivity index (χ2v) is 9.14. The molecule has 0 amide bonds. The summed E-state index contributed by atoms with van der Waals surface area (Å²) in [7, 11) is 0. The summed E-state index contributed by atoms with van der Waals surface area (Å²) in [6.45, 7) is 7.10. The highest BCUT2D eigenvalue weighted by atomic mass is 19.4. The molecule has 0 aliphatic carbocycles. The van der Waals surface area contributed by atoms with Gasteiger partial charge in [0.15, 0.2) is 0 Å². The molecule has 0 saturated carbocycles. The smallest absolute Gasteiger partial charge is 0.396 e. The number of aliphatic hydroxyl groups excluding tert-OH is 2. The zero-order valence-corrected chi connectivity index (χ0v) is 17.9. The van der Waals surface area contributed by atoms with Crippen LogP contribution in [0.5, 0.6) is 0 Å². The first-order valence-electron chi connectivity index (χ1n) is 9.45. The summed E-state index contributed by atoms with van der Waals surface area (Å²) in [4.78, 5) is 0. The molecule has 0 aromatic heterocycles. The number of hydrogen-bond donors (Lipinski definition) is 2. The molecule has 0 aliphatic rings. The third-order valence-electron chi connectivity index (χ3n) is 4.65. The molecule has 176 valence electrons. The van der Waals surface area contributed by atoms with Crippen LogP contribution in [-0.4, -0.2) is 75.2 Å². The molecule has 0 aromatic rings. The minimum absolute atomic E-state index is 0.00265.